The van der Waals surface area contributed by atoms with Gasteiger partial charge in [-0.2, -0.15) is 0 Å². The molecule has 0 unspecified atom stereocenters. The average Bonchev–Trinajstić information content (AvgIpc) is 3.15. The van der Waals surface area contributed by atoms with Crippen molar-refractivity contribution in [2.75, 3.05) is 4.90 Å². The number of hydrogen-bond donors (Lipinski definition) is 4. The van der Waals surface area contributed by atoms with Crippen molar-refractivity contribution in [3.63, 3.8) is 0 Å². The third-order valence-corrected chi connectivity index (χ3v) is 7.38. The molecule has 0 saturated carbocycles. The van der Waals surface area contributed by atoms with Gasteiger partial charge in [0.15, 0.2) is 0 Å². The van der Waals surface area contributed by atoms with Crippen LogP contribution in [0.5, 0.6) is 0 Å². The summed E-state index contributed by atoms with van der Waals surface area (Å²) in [7, 11) is 0. The van der Waals surface area contributed by atoms with E-state index in [2.05, 4.69) is 16.0 Å². The predicted octanol–water partition coefficient (Wildman–Crippen LogP) is 2.03. The molecule has 6 rings (SSSR count). The van der Waals surface area contributed by atoms with Gasteiger partial charge in [-0.25, -0.2) is 0 Å². The molecule has 0 aromatic heterocycles. The van der Waals surface area contributed by atoms with Crippen molar-refractivity contribution in [2.45, 2.75) is 42.7 Å². The maximum Gasteiger partial charge on any atom is 0.247 e. The Morgan fingerprint density at radius 3 is 2.17 bits per heavy atom. The van der Waals surface area contributed by atoms with Crippen LogP contribution in [0.4, 0.5) is 5.69 Å². The normalized spacial score (nSPS) is 29.2. The van der Waals surface area contributed by atoms with Crippen LogP contribution in [0.2, 0.25) is 0 Å². The third kappa shape index (κ3) is 3.57. The number of carbonyl (C=O) groups excluding carboxylic acids is 3. The summed E-state index contributed by atoms with van der Waals surface area (Å²) in [5.41, 5.74) is 1.19. The number of nitrogens with zero attached hydrogens (tertiary/aromatic N) is 1. The Balaban J connectivity index is 1.31. The van der Waals surface area contributed by atoms with Gasteiger partial charge in [-0.15, -0.1) is 0 Å². The fourth-order valence-electron chi connectivity index (χ4n) is 5.65. The average molecular weight is 483 g/mol. The van der Waals surface area contributed by atoms with Crippen LogP contribution in [0, 0.1) is 0 Å². The molecule has 5 atom stereocenters. The Labute approximate surface area is 208 Å². The van der Waals surface area contributed by atoms with E-state index in [0.29, 0.717) is 16.8 Å². The molecule has 8 nitrogen and oxygen atoms in total. The topological polar surface area (TPSA) is 111 Å². The first-order chi connectivity index (χ1) is 17.5. The Morgan fingerprint density at radius 2 is 1.44 bits per heavy atom. The molecule has 3 aliphatic heterocycles. The fraction of sp³-hybridized carbons (Fsp3) is 0.250. The molecule has 3 aromatic carbocycles. The van der Waals surface area contributed by atoms with Crippen molar-refractivity contribution >= 4 is 23.4 Å². The molecular weight excluding hydrogens is 456 g/mol. The SMILES string of the molecule is O=C1N[C@@H](c2ccccc2)C(=O)N[C@H]1C[C@]1(O)c2ccccc2N2C(=O)C[C@@H](c3ccccc3)N[C@H]21. The highest BCUT2D eigenvalue weighted by molar-refractivity contribution is 5.99. The molecule has 2 fully saturated rings. The second-order valence-electron chi connectivity index (χ2n) is 9.56. The van der Waals surface area contributed by atoms with Gasteiger partial charge in [-0.05, 0) is 17.2 Å². The maximum absolute atomic E-state index is 13.3. The molecule has 2 saturated heterocycles. The van der Waals surface area contributed by atoms with Crippen LogP contribution < -0.4 is 20.9 Å². The number of nitrogens with one attached hydrogen (secondary N) is 3. The van der Waals surface area contributed by atoms with Crippen LogP contribution in [0.15, 0.2) is 84.9 Å². The Morgan fingerprint density at radius 1 is 0.806 bits per heavy atom. The van der Waals surface area contributed by atoms with E-state index in [1.54, 1.807) is 35.2 Å². The number of carbonyl (C=O) groups is 3. The van der Waals surface area contributed by atoms with E-state index in [1.165, 1.54) is 0 Å². The summed E-state index contributed by atoms with van der Waals surface area (Å²) in [5.74, 6) is -0.834. The van der Waals surface area contributed by atoms with Crippen molar-refractivity contribution in [1.82, 2.24) is 16.0 Å². The minimum atomic E-state index is -1.60. The van der Waals surface area contributed by atoms with Crippen molar-refractivity contribution in [1.29, 1.82) is 0 Å². The Bertz CT molecular complexity index is 1330. The van der Waals surface area contributed by atoms with E-state index in [1.807, 2.05) is 54.6 Å². The summed E-state index contributed by atoms with van der Waals surface area (Å²) in [6.07, 6.45) is -0.644. The minimum Gasteiger partial charge on any atom is -0.381 e. The molecule has 36 heavy (non-hydrogen) atoms. The van der Waals surface area contributed by atoms with Gasteiger partial charge in [0.05, 0.1) is 5.69 Å². The highest BCUT2D eigenvalue weighted by Gasteiger charge is 2.56. The first-order valence-corrected chi connectivity index (χ1v) is 12.1. The van der Waals surface area contributed by atoms with E-state index in [4.69, 9.17) is 0 Å². The van der Waals surface area contributed by atoms with E-state index in [9.17, 15) is 19.5 Å². The zero-order chi connectivity index (χ0) is 24.9. The summed E-state index contributed by atoms with van der Waals surface area (Å²) >= 11 is 0. The number of piperazine rings is 1. The van der Waals surface area contributed by atoms with Crippen molar-refractivity contribution in [3.05, 3.63) is 102 Å². The zero-order valence-corrected chi connectivity index (χ0v) is 19.4. The Hall–Kier alpha value is -4.01. The molecule has 182 valence electrons. The van der Waals surface area contributed by atoms with Crippen LogP contribution in [0.3, 0.4) is 0 Å². The maximum atomic E-state index is 13.3. The number of fused-ring (bicyclic) bond motifs is 3. The Kier molecular flexibility index (Phi) is 5.35. The summed E-state index contributed by atoms with van der Waals surface area (Å²) in [5, 5.41) is 21.2. The molecule has 8 heteroatoms. The van der Waals surface area contributed by atoms with Gasteiger partial charge in [-0.1, -0.05) is 78.9 Å². The third-order valence-electron chi connectivity index (χ3n) is 7.38. The van der Waals surface area contributed by atoms with Crippen LogP contribution in [0.25, 0.3) is 0 Å². The lowest BCUT2D eigenvalue weighted by atomic mass is 9.84. The number of rotatable bonds is 4. The van der Waals surface area contributed by atoms with Crippen LogP contribution in [-0.4, -0.2) is 35.0 Å². The van der Waals surface area contributed by atoms with Gasteiger partial charge in [0.25, 0.3) is 0 Å². The lowest BCUT2D eigenvalue weighted by Crippen LogP contribution is -2.64. The lowest BCUT2D eigenvalue weighted by Gasteiger charge is -2.43. The van der Waals surface area contributed by atoms with Crippen molar-refractivity contribution in [3.8, 4) is 0 Å². The molecule has 0 aliphatic carbocycles. The van der Waals surface area contributed by atoms with E-state index in [0.717, 1.165) is 5.56 Å². The second-order valence-corrected chi connectivity index (χ2v) is 9.56. The van der Waals surface area contributed by atoms with Gasteiger partial charge in [-0.3, -0.25) is 24.6 Å². The molecule has 3 aliphatic rings. The van der Waals surface area contributed by atoms with Gasteiger partial charge in [0, 0.05) is 24.4 Å². The van der Waals surface area contributed by atoms with E-state index < -0.39 is 23.9 Å². The monoisotopic (exact) mass is 482 g/mol. The highest BCUT2D eigenvalue weighted by Crippen LogP contribution is 2.48. The number of anilines is 1. The summed E-state index contributed by atoms with van der Waals surface area (Å²) in [6.45, 7) is 0. The minimum absolute atomic E-state index is 0.0912. The molecule has 3 aromatic rings. The smallest absolute Gasteiger partial charge is 0.247 e. The van der Waals surface area contributed by atoms with Crippen LogP contribution >= 0.6 is 0 Å². The largest absolute Gasteiger partial charge is 0.381 e. The fourth-order valence-corrected chi connectivity index (χ4v) is 5.65. The zero-order valence-electron chi connectivity index (χ0n) is 19.4. The number of aliphatic hydroxyl groups is 1. The molecule has 3 heterocycles. The lowest BCUT2D eigenvalue weighted by molar-refractivity contribution is -0.139. The summed E-state index contributed by atoms with van der Waals surface area (Å²) in [6, 6.07) is 23.8. The number of amides is 3. The summed E-state index contributed by atoms with van der Waals surface area (Å²) < 4.78 is 0. The molecule has 0 spiro atoms. The predicted molar refractivity (Wildman–Crippen MR) is 132 cm³/mol. The number of para-hydroxylation sites is 1. The quantitative estimate of drug-likeness (QED) is 0.455. The van der Waals surface area contributed by atoms with Gasteiger partial charge in [0.1, 0.15) is 23.9 Å². The van der Waals surface area contributed by atoms with Crippen molar-refractivity contribution in [2.24, 2.45) is 0 Å². The molecule has 0 bridgehead atoms. The molecular formula is C28H26N4O4. The van der Waals surface area contributed by atoms with Gasteiger partial charge >= 0.3 is 0 Å². The van der Waals surface area contributed by atoms with Crippen molar-refractivity contribution < 1.29 is 19.5 Å². The first-order valence-electron chi connectivity index (χ1n) is 12.1. The van der Waals surface area contributed by atoms with E-state index in [-0.39, 0.29) is 36.6 Å². The van der Waals surface area contributed by atoms with E-state index >= 15 is 0 Å². The van der Waals surface area contributed by atoms with Gasteiger partial charge < -0.3 is 15.7 Å². The first kappa shape index (κ1) is 22.5. The molecule has 4 N–H and O–H groups in total. The number of benzene rings is 3. The second kappa shape index (κ2) is 8.58. The number of hydrogen-bond acceptors (Lipinski definition) is 5. The highest BCUT2D eigenvalue weighted by atomic mass is 16.3. The van der Waals surface area contributed by atoms with Gasteiger partial charge in [0.2, 0.25) is 17.7 Å². The van der Waals surface area contributed by atoms with Crippen LogP contribution in [0.1, 0.15) is 41.6 Å². The molecule has 0 radical (unpaired) electrons. The summed E-state index contributed by atoms with van der Waals surface area (Å²) in [4.78, 5) is 41.0. The molecule has 3 amide bonds. The standard InChI is InChI=1S/C28H26N4O4/c33-23-15-20(17-9-3-1-4-10-17)30-27-28(36,19-13-7-8-14-22(19)32(23)27)16-21-25(34)31-24(26(35)29-21)18-11-5-2-6-12-18/h1-14,20-21,24,27,30,36H,15-16H2,(H,29,35)(H,31,34)/t20-,21-,24-,27+,28-/m0/s1. The van der Waals surface area contributed by atoms with Crippen LogP contribution in [-0.2, 0) is 20.0 Å².